The molecule has 1 atom stereocenters. The van der Waals surface area contributed by atoms with Gasteiger partial charge in [-0.05, 0) is 30.4 Å². The van der Waals surface area contributed by atoms with Crippen molar-refractivity contribution in [2.45, 2.75) is 19.5 Å². The second-order valence-electron chi connectivity index (χ2n) is 4.20. The molecule has 0 bridgehead atoms. The van der Waals surface area contributed by atoms with Gasteiger partial charge < -0.3 is 10.4 Å². The maximum atomic E-state index is 8.77. The summed E-state index contributed by atoms with van der Waals surface area (Å²) in [6, 6.07) is 0. The van der Waals surface area contributed by atoms with Gasteiger partial charge in [0.15, 0.2) is 0 Å². The number of aliphatic hydroxyl groups is 1. The molecule has 2 rings (SSSR count). The van der Waals surface area contributed by atoms with Gasteiger partial charge in [-0.1, -0.05) is 0 Å². The molecule has 90 valence electrons. The van der Waals surface area contributed by atoms with Crippen molar-refractivity contribution in [3.05, 3.63) is 18.0 Å². The second-order valence-corrected chi connectivity index (χ2v) is 5.35. The molecule has 1 aromatic heterocycles. The van der Waals surface area contributed by atoms with Crippen molar-refractivity contribution in [1.82, 2.24) is 15.1 Å². The first-order valence-electron chi connectivity index (χ1n) is 5.79. The third-order valence-electron chi connectivity index (χ3n) is 2.80. The number of thioether (sulfide) groups is 1. The van der Waals surface area contributed by atoms with Crippen LogP contribution in [0.2, 0.25) is 0 Å². The first-order valence-corrected chi connectivity index (χ1v) is 6.94. The number of aromatic nitrogens is 2. The third-order valence-corrected chi connectivity index (χ3v) is 4.03. The van der Waals surface area contributed by atoms with Crippen molar-refractivity contribution in [2.75, 3.05) is 24.7 Å². The van der Waals surface area contributed by atoms with Crippen LogP contribution in [0.1, 0.15) is 12.0 Å². The van der Waals surface area contributed by atoms with Crippen LogP contribution in [-0.4, -0.2) is 39.5 Å². The van der Waals surface area contributed by atoms with Crippen LogP contribution in [0.4, 0.5) is 0 Å². The molecule has 1 aromatic rings. The number of rotatable bonds is 6. The minimum atomic E-state index is 0.147. The average Bonchev–Trinajstić information content (AvgIpc) is 2.90. The van der Waals surface area contributed by atoms with Gasteiger partial charge in [0, 0.05) is 18.3 Å². The van der Waals surface area contributed by atoms with E-state index in [9.17, 15) is 0 Å². The van der Waals surface area contributed by atoms with Gasteiger partial charge in [-0.2, -0.15) is 16.9 Å². The van der Waals surface area contributed by atoms with Gasteiger partial charge in [0.25, 0.3) is 0 Å². The summed E-state index contributed by atoms with van der Waals surface area (Å²) in [4.78, 5) is 0. The predicted molar refractivity (Wildman–Crippen MR) is 66.5 cm³/mol. The van der Waals surface area contributed by atoms with Crippen LogP contribution in [0.25, 0.3) is 0 Å². The molecule has 0 spiro atoms. The highest BCUT2D eigenvalue weighted by Gasteiger charge is 2.14. The van der Waals surface area contributed by atoms with E-state index in [1.807, 2.05) is 12.4 Å². The highest BCUT2D eigenvalue weighted by Crippen LogP contribution is 2.22. The van der Waals surface area contributed by atoms with E-state index in [1.54, 1.807) is 4.68 Å². The molecule has 4 nitrogen and oxygen atoms in total. The topological polar surface area (TPSA) is 50.1 Å². The van der Waals surface area contributed by atoms with Crippen molar-refractivity contribution in [1.29, 1.82) is 0 Å². The van der Waals surface area contributed by atoms with Gasteiger partial charge in [-0.25, -0.2) is 0 Å². The molecule has 16 heavy (non-hydrogen) atoms. The molecule has 1 aliphatic heterocycles. The molecule has 2 N–H and O–H groups in total. The molecule has 0 aliphatic carbocycles. The van der Waals surface area contributed by atoms with E-state index >= 15 is 0 Å². The quantitative estimate of drug-likeness (QED) is 0.770. The summed E-state index contributed by atoms with van der Waals surface area (Å²) in [5.41, 5.74) is 1.19. The molecule has 0 saturated carbocycles. The lowest BCUT2D eigenvalue weighted by atomic mass is 10.1. The van der Waals surface area contributed by atoms with Gasteiger partial charge in [0.2, 0.25) is 0 Å². The van der Waals surface area contributed by atoms with Crippen LogP contribution in [0.3, 0.4) is 0 Å². The molecular formula is C11H19N3OS. The number of hydrogen-bond acceptors (Lipinski definition) is 4. The normalized spacial score (nSPS) is 20.4. The van der Waals surface area contributed by atoms with Crippen LogP contribution in [0.15, 0.2) is 12.4 Å². The van der Waals surface area contributed by atoms with E-state index in [2.05, 4.69) is 22.2 Å². The first kappa shape index (κ1) is 12.0. The SMILES string of the molecule is OCCn1cc(CNCC2CCSC2)cn1. The summed E-state index contributed by atoms with van der Waals surface area (Å²) in [5, 5.41) is 16.4. The van der Waals surface area contributed by atoms with E-state index < -0.39 is 0 Å². The minimum absolute atomic E-state index is 0.147. The molecular weight excluding hydrogens is 222 g/mol. The van der Waals surface area contributed by atoms with Crippen LogP contribution in [0.5, 0.6) is 0 Å². The Morgan fingerprint density at radius 2 is 2.56 bits per heavy atom. The summed E-state index contributed by atoms with van der Waals surface area (Å²) in [6.45, 7) is 2.72. The predicted octanol–water partition coefficient (Wildman–Crippen LogP) is 0.718. The number of hydrogen-bond donors (Lipinski definition) is 2. The third kappa shape index (κ3) is 3.50. The zero-order chi connectivity index (χ0) is 11.2. The Morgan fingerprint density at radius 1 is 1.62 bits per heavy atom. The molecule has 1 aliphatic rings. The second kappa shape index (κ2) is 6.27. The number of aliphatic hydroxyl groups excluding tert-OH is 1. The molecule has 0 aromatic carbocycles. The van der Waals surface area contributed by atoms with E-state index in [1.165, 1.54) is 23.5 Å². The largest absolute Gasteiger partial charge is 0.394 e. The molecule has 5 heteroatoms. The van der Waals surface area contributed by atoms with Crippen molar-refractivity contribution in [3.8, 4) is 0 Å². The maximum Gasteiger partial charge on any atom is 0.0640 e. The van der Waals surface area contributed by atoms with Crippen molar-refractivity contribution < 1.29 is 5.11 Å². The van der Waals surface area contributed by atoms with E-state index in [0.717, 1.165) is 19.0 Å². The summed E-state index contributed by atoms with van der Waals surface area (Å²) in [6.07, 6.45) is 5.21. The Labute approximate surface area is 100 Å². The molecule has 0 radical (unpaired) electrons. The van der Waals surface area contributed by atoms with Crippen molar-refractivity contribution in [3.63, 3.8) is 0 Å². The molecule has 2 heterocycles. The Bertz CT molecular complexity index is 310. The van der Waals surface area contributed by atoms with Gasteiger partial charge in [-0.3, -0.25) is 4.68 Å². The van der Waals surface area contributed by atoms with E-state index in [0.29, 0.717) is 6.54 Å². The minimum Gasteiger partial charge on any atom is -0.394 e. The molecule has 1 fully saturated rings. The molecule has 1 saturated heterocycles. The maximum absolute atomic E-state index is 8.77. The lowest BCUT2D eigenvalue weighted by molar-refractivity contribution is 0.269. The Hall–Kier alpha value is -0.520. The van der Waals surface area contributed by atoms with Crippen molar-refractivity contribution >= 4 is 11.8 Å². The zero-order valence-corrected chi connectivity index (χ0v) is 10.2. The molecule has 1 unspecified atom stereocenters. The summed E-state index contributed by atoms with van der Waals surface area (Å²) < 4.78 is 1.78. The summed E-state index contributed by atoms with van der Waals surface area (Å²) in [5.74, 6) is 3.47. The fraction of sp³-hybridized carbons (Fsp3) is 0.727. The Morgan fingerprint density at radius 3 is 3.31 bits per heavy atom. The van der Waals surface area contributed by atoms with Crippen LogP contribution in [-0.2, 0) is 13.1 Å². The number of nitrogens with one attached hydrogen (secondary N) is 1. The standard InChI is InChI=1S/C11H19N3OS/c15-3-2-14-8-11(7-13-14)6-12-5-10-1-4-16-9-10/h7-8,10,12,15H,1-6,9H2. The fourth-order valence-corrected chi connectivity index (χ4v) is 3.17. The van der Waals surface area contributed by atoms with Gasteiger partial charge in [0.1, 0.15) is 0 Å². The van der Waals surface area contributed by atoms with Crippen LogP contribution in [0, 0.1) is 5.92 Å². The van der Waals surface area contributed by atoms with E-state index in [-0.39, 0.29) is 6.61 Å². The van der Waals surface area contributed by atoms with Crippen molar-refractivity contribution in [2.24, 2.45) is 5.92 Å². The monoisotopic (exact) mass is 241 g/mol. The van der Waals surface area contributed by atoms with Gasteiger partial charge in [0.05, 0.1) is 19.3 Å². The first-order chi connectivity index (χ1) is 7.88. The lowest BCUT2D eigenvalue weighted by Gasteiger charge is -2.08. The highest BCUT2D eigenvalue weighted by atomic mass is 32.2. The summed E-state index contributed by atoms with van der Waals surface area (Å²) >= 11 is 2.05. The van der Waals surface area contributed by atoms with Crippen LogP contribution >= 0.6 is 11.8 Å². The van der Waals surface area contributed by atoms with E-state index in [4.69, 9.17) is 5.11 Å². The van der Waals surface area contributed by atoms with Gasteiger partial charge in [-0.15, -0.1) is 0 Å². The highest BCUT2D eigenvalue weighted by molar-refractivity contribution is 7.99. The smallest absolute Gasteiger partial charge is 0.0640 e. The lowest BCUT2D eigenvalue weighted by Crippen LogP contribution is -2.22. The van der Waals surface area contributed by atoms with Crippen LogP contribution < -0.4 is 5.32 Å². The number of nitrogens with zero attached hydrogens (tertiary/aromatic N) is 2. The fourth-order valence-electron chi connectivity index (χ4n) is 1.89. The Balaban J connectivity index is 1.67. The van der Waals surface area contributed by atoms with Gasteiger partial charge >= 0.3 is 0 Å². The Kier molecular flexibility index (Phi) is 4.69. The average molecular weight is 241 g/mol. The summed E-state index contributed by atoms with van der Waals surface area (Å²) in [7, 11) is 0. The molecule has 0 amide bonds. The zero-order valence-electron chi connectivity index (χ0n) is 9.43.